The van der Waals surface area contributed by atoms with Crippen molar-refractivity contribution >= 4 is 34.3 Å². The first-order valence-electron chi connectivity index (χ1n) is 12.9. The van der Waals surface area contributed by atoms with E-state index in [2.05, 4.69) is 34.9 Å². The molecule has 7 heteroatoms. The summed E-state index contributed by atoms with van der Waals surface area (Å²) in [6.45, 7) is 4.50. The highest BCUT2D eigenvalue weighted by molar-refractivity contribution is 7.07. The molecule has 6 nitrogen and oxygen atoms in total. The lowest BCUT2D eigenvalue weighted by Crippen LogP contribution is -2.40. The molecule has 0 spiro atoms. The highest BCUT2D eigenvalue weighted by Gasteiger charge is 2.33. The lowest BCUT2D eigenvalue weighted by molar-refractivity contribution is -0.139. The number of nitrogens with zero attached hydrogens (tertiary/aromatic N) is 3. The molecule has 0 saturated heterocycles. The number of hydrogen-bond acceptors (Lipinski definition) is 5. The number of benzene rings is 3. The van der Waals surface area contributed by atoms with Gasteiger partial charge in [-0.25, -0.2) is 9.79 Å². The van der Waals surface area contributed by atoms with E-state index in [-0.39, 0.29) is 12.2 Å². The van der Waals surface area contributed by atoms with E-state index < -0.39 is 12.0 Å². The average molecular weight is 534 g/mol. The number of esters is 1. The van der Waals surface area contributed by atoms with Crippen LogP contribution in [0.3, 0.4) is 0 Å². The van der Waals surface area contributed by atoms with Gasteiger partial charge in [0.1, 0.15) is 0 Å². The van der Waals surface area contributed by atoms with E-state index in [1.807, 2.05) is 66.7 Å². The smallest absolute Gasteiger partial charge is 0.338 e. The number of fused-ring (bicyclic) bond motifs is 2. The highest BCUT2D eigenvalue weighted by Crippen LogP contribution is 2.30. The number of allylic oxidation sites excluding steroid dienone is 1. The molecule has 0 aliphatic carbocycles. The summed E-state index contributed by atoms with van der Waals surface area (Å²) in [4.78, 5) is 32.3. The normalized spacial score (nSPS) is 15.3. The van der Waals surface area contributed by atoms with Crippen molar-refractivity contribution in [3.05, 3.63) is 139 Å². The number of carbonyl (C=O) groups excluding carboxylic acids is 1. The van der Waals surface area contributed by atoms with E-state index in [0.717, 1.165) is 22.2 Å². The van der Waals surface area contributed by atoms with Crippen molar-refractivity contribution in [1.82, 2.24) is 9.13 Å². The van der Waals surface area contributed by atoms with E-state index in [9.17, 15) is 9.59 Å². The van der Waals surface area contributed by atoms with Gasteiger partial charge in [-0.2, -0.15) is 0 Å². The van der Waals surface area contributed by atoms with E-state index in [1.54, 1.807) is 18.4 Å². The lowest BCUT2D eigenvalue weighted by Gasteiger charge is -2.24. The zero-order valence-electron chi connectivity index (χ0n) is 21.7. The second kappa shape index (κ2) is 10.3. The zero-order valence-corrected chi connectivity index (χ0v) is 22.5. The minimum atomic E-state index is -0.612. The van der Waals surface area contributed by atoms with Crippen LogP contribution >= 0.6 is 11.3 Å². The molecule has 5 aromatic rings. The summed E-state index contributed by atoms with van der Waals surface area (Å²) < 4.78 is 9.81. The summed E-state index contributed by atoms with van der Waals surface area (Å²) in [6.07, 6.45) is 1.94. The molecule has 0 unspecified atom stereocenters. The molecule has 3 heterocycles. The second-order valence-corrected chi connectivity index (χ2v) is 10.4. The van der Waals surface area contributed by atoms with Crippen LogP contribution in [0, 0.1) is 0 Å². The fourth-order valence-electron chi connectivity index (χ4n) is 5.17. The van der Waals surface area contributed by atoms with Gasteiger partial charge in [-0.15, -0.1) is 0 Å². The van der Waals surface area contributed by atoms with Gasteiger partial charge in [-0.05, 0) is 43.2 Å². The molecule has 1 aliphatic heterocycles. The maximum Gasteiger partial charge on any atom is 0.338 e. The van der Waals surface area contributed by atoms with Crippen molar-refractivity contribution in [2.75, 3.05) is 6.61 Å². The molecule has 0 amide bonds. The Morgan fingerprint density at radius 1 is 1.00 bits per heavy atom. The van der Waals surface area contributed by atoms with Gasteiger partial charge < -0.3 is 9.30 Å². The molecule has 0 fully saturated rings. The predicted molar refractivity (Wildman–Crippen MR) is 154 cm³/mol. The third kappa shape index (κ3) is 4.55. The number of thiazole rings is 1. The Balaban J connectivity index is 1.55. The molecule has 1 atom stereocenters. The number of para-hydroxylation sites is 1. The average Bonchev–Trinajstić information content (AvgIpc) is 3.45. The Kier molecular flexibility index (Phi) is 6.59. The van der Waals surface area contributed by atoms with Gasteiger partial charge in [0.05, 0.1) is 28.5 Å². The van der Waals surface area contributed by atoms with Crippen molar-refractivity contribution in [3.63, 3.8) is 0 Å². The van der Waals surface area contributed by atoms with Crippen LogP contribution in [-0.4, -0.2) is 21.7 Å². The molecule has 3 aromatic carbocycles. The van der Waals surface area contributed by atoms with Gasteiger partial charge in [0, 0.05) is 23.1 Å². The van der Waals surface area contributed by atoms with Crippen molar-refractivity contribution < 1.29 is 9.53 Å². The van der Waals surface area contributed by atoms with Crippen molar-refractivity contribution in [1.29, 1.82) is 0 Å². The SMILES string of the molecule is CCOC(=O)C1=C(C)N=c2s/c(=C/c3cc4ccccc4n3Cc3ccccc3)c(=O)n2[C@@H]1c1ccccc1. The van der Waals surface area contributed by atoms with Crippen LogP contribution in [-0.2, 0) is 16.1 Å². The van der Waals surface area contributed by atoms with E-state index >= 15 is 0 Å². The molecule has 1 aliphatic rings. The summed E-state index contributed by atoms with van der Waals surface area (Å²) >= 11 is 1.34. The number of rotatable bonds is 6. The number of hydrogen-bond donors (Lipinski definition) is 0. The lowest BCUT2D eigenvalue weighted by atomic mass is 9.96. The second-order valence-electron chi connectivity index (χ2n) is 9.41. The molecular weight excluding hydrogens is 506 g/mol. The van der Waals surface area contributed by atoms with Gasteiger partial charge >= 0.3 is 5.97 Å². The molecular formula is C32H27N3O3S. The van der Waals surface area contributed by atoms with Crippen LogP contribution in [0.5, 0.6) is 0 Å². The first kappa shape index (κ1) is 24.8. The summed E-state index contributed by atoms with van der Waals surface area (Å²) in [7, 11) is 0. The first-order valence-corrected chi connectivity index (χ1v) is 13.7. The van der Waals surface area contributed by atoms with Gasteiger partial charge in [0.25, 0.3) is 5.56 Å². The maximum atomic E-state index is 14.0. The predicted octanol–water partition coefficient (Wildman–Crippen LogP) is 4.80. The minimum Gasteiger partial charge on any atom is -0.463 e. The molecule has 39 heavy (non-hydrogen) atoms. The molecule has 0 N–H and O–H groups in total. The monoisotopic (exact) mass is 533 g/mol. The number of ether oxygens (including phenoxy) is 1. The molecule has 6 rings (SSSR count). The van der Waals surface area contributed by atoms with Crippen LogP contribution < -0.4 is 14.9 Å². The maximum absolute atomic E-state index is 14.0. The van der Waals surface area contributed by atoms with E-state index in [0.29, 0.717) is 27.1 Å². The zero-order chi connectivity index (χ0) is 26.9. The van der Waals surface area contributed by atoms with E-state index in [4.69, 9.17) is 9.73 Å². The summed E-state index contributed by atoms with van der Waals surface area (Å²) in [5.41, 5.74) is 4.81. The van der Waals surface area contributed by atoms with Gasteiger partial charge in [0.2, 0.25) is 0 Å². The molecule has 0 saturated carbocycles. The van der Waals surface area contributed by atoms with Crippen LogP contribution in [0.1, 0.15) is 36.7 Å². The Morgan fingerprint density at radius 2 is 1.69 bits per heavy atom. The standard InChI is InChI=1S/C32H27N3O3S/c1-3-38-31(37)28-21(2)33-32-35(29(28)23-14-8-5-9-15-23)30(36)27(39-32)19-25-18-24-16-10-11-17-26(24)34(25)20-22-12-6-4-7-13-22/h4-19,29H,3,20H2,1-2H3/b27-19+/t29-/m1/s1. The third-order valence-corrected chi connectivity index (χ3v) is 7.92. The molecule has 2 aromatic heterocycles. The van der Waals surface area contributed by atoms with Gasteiger partial charge in [-0.1, -0.05) is 90.2 Å². The van der Waals surface area contributed by atoms with Crippen molar-refractivity contribution in [2.24, 2.45) is 4.99 Å². The Bertz CT molecular complexity index is 1900. The number of aromatic nitrogens is 2. The van der Waals surface area contributed by atoms with Crippen LogP contribution in [0.25, 0.3) is 17.0 Å². The third-order valence-electron chi connectivity index (χ3n) is 6.94. The molecule has 194 valence electrons. The van der Waals surface area contributed by atoms with Crippen LogP contribution in [0.4, 0.5) is 0 Å². The Hall–Kier alpha value is -4.49. The summed E-state index contributed by atoms with van der Waals surface area (Å²) in [6, 6.07) is 29.6. The first-order chi connectivity index (χ1) is 19.0. The van der Waals surface area contributed by atoms with E-state index in [1.165, 1.54) is 16.9 Å². The van der Waals surface area contributed by atoms with Gasteiger partial charge in [0.15, 0.2) is 4.80 Å². The van der Waals surface area contributed by atoms with Crippen LogP contribution in [0.2, 0.25) is 0 Å². The molecule has 0 bridgehead atoms. The highest BCUT2D eigenvalue weighted by atomic mass is 32.1. The quantitative estimate of drug-likeness (QED) is 0.295. The number of carbonyl (C=O) groups is 1. The minimum absolute atomic E-state index is 0.182. The van der Waals surface area contributed by atoms with Crippen molar-refractivity contribution in [2.45, 2.75) is 26.4 Å². The fraction of sp³-hybridized carbons (Fsp3) is 0.156. The molecule has 0 radical (unpaired) electrons. The fourth-order valence-corrected chi connectivity index (χ4v) is 6.20. The topological polar surface area (TPSA) is 65.6 Å². The van der Waals surface area contributed by atoms with Gasteiger partial charge in [-0.3, -0.25) is 9.36 Å². The van der Waals surface area contributed by atoms with Crippen LogP contribution in [0.15, 0.2) is 112 Å². The Morgan fingerprint density at radius 3 is 2.44 bits per heavy atom. The largest absolute Gasteiger partial charge is 0.463 e. The summed E-state index contributed by atoms with van der Waals surface area (Å²) in [5.74, 6) is -0.454. The van der Waals surface area contributed by atoms with Crippen molar-refractivity contribution in [3.8, 4) is 0 Å². The summed E-state index contributed by atoms with van der Waals surface area (Å²) in [5, 5.41) is 1.11. The Labute approximate surface area is 229 Å².